The number of carbonyl (C=O) groups excluding carboxylic acids is 1. The number of likely N-dealkylation sites (N-methyl/N-ethyl adjacent to an activating group) is 1. The van der Waals surface area contributed by atoms with Gasteiger partial charge in [0, 0.05) is 33.0 Å². The summed E-state index contributed by atoms with van der Waals surface area (Å²) >= 11 is 0. The first-order valence-electron chi connectivity index (χ1n) is 6.43. The Bertz CT molecular complexity index is 574. The standard InChI is InChI=1S/C14H19N5O/c1-18(2)14(20)8-11-4-6-12(7-5-11)15-9-13-10-19(3)17-16-13/h4-7,10,15H,8-9H2,1-3H3. The number of aromatic nitrogens is 3. The zero-order valence-electron chi connectivity index (χ0n) is 12.0. The van der Waals surface area contributed by atoms with Gasteiger partial charge in [0.2, 0.25) is 5.91 Å². The van der Waals surface area contributed by atoms with Gasteiger partial charge in [-0.3, -0.25) is 9.48 Å². The molecule has 0 spiro atoms. The molecule has 0 saturated heterocycles. The Morgan fingerprint density at radius 3 is 2.55 bits per heavy atom. The van der Waals surface area contributed by atoms with Gasteiger partial charge in [0.25, 0.3) is 0 Å². The summed E-state index contributed by atoms with van der Waals surface area (Å²) in [5.41, 5.74) is 2.89. The summed E-state index contributed by atoms with van der Waals surface area (Å²) in [5, 5.41) is 11.2. The molecule has 0 atom stereocenters. The Kier molecular flexibility index (Phi) is 4.34. The summed E-state index contributed by atoms with van der Waals surface area (Å²) in [5.74, 6) is 0.102. The molecule has 20 heavy (non-hydrogen) atoms. The van der Waals surface area contributed by atoms with Gasteiger partial charge in [-0.2, -0.15) is 0 Å². The van der Waals surface area contributed by atoms with Crippen molar-refractivity contribution in [2.24, 2.45) is 7.05 Å². The molecule has 6 nitrogen and oxygen atoms in total. The van der Waals surface area contributed by atoms with Crippen LogP contribution >= 0.6 is 0 Å². The Morgan fingerprint density at radius 1 is 1.30 bits per heavy atom. The maximum absolute atomic E-state index is 11.6. The minimum absolute atomic E-state index is 0.102. The number of amides is 1. The van der Waals surface area contributed by atoms with E-state index in [0.29, 0.717) is 13.0 Å². The molecular formula is C14H19N5O. The second-order valence-electron chi connectivity index (χ2n) is 4.90. The molecule has 0 bridgehead atoms. The number of nitrogens with one attached hydrogen (secondary N) is 1. The molecule has 0 aliphatic heterocycles. The van der Waals surface area contributed by atoms with Gasteiger partial charge in [-0.25, -0.2) is 0 Å². The average Bonchev–Trinajstić information content (AvgIpc) is 2.83. The molecule has 6 heteroatoms. The van der Waals surface area contributed by atoms with Crippen LogP contribution < -0.4 is 5.32 Å². The number of anilines is 1. The van der Waals surface area contributed by atoms with Crippen molar-refractivity contribution in [1.29, 1.82) is 0 Å². The zero-order valence-corrected chi connectivity index (χ0v) is 12.0. The lowest BCUT2D eigenvalue weighted by Crippen LogP contribution is -2.23. The molecule has 0 aliphatic carbocycles. The van der Waals surface area contributed by atoms with Crippen LogP contribution in [0.1, 0.15) is 11.3 Å². The van der Waals surface area contributed by atoms with E-state index in [0.717, 1.165) is 16.9 Å². The molecule has 1 N–H and O–H groups in total. The highest BCUT2D eigenvalue weighted by molar-refractivity contribution is 5.78. The summed E-state index contributed by atoms with van der Waals surface area (Å²) in [7, 11) is 5.37. The lowest BCUT2D eigenvalue weighted by Gasteiger charge is -2.10. The van der Waals surface area contributed by atoms with E-state index in [-0.39, 0.29) is 5.91 Å². The Hall–Kier alpha value is -2.37. The third kappa shape index (κ3) is 3.81. The lowest BCUT2D eigenvalue weighted by molar-refractivity contribution is -0.127. The van der Waals surface area contributed by atoms with Gasteiger partial charge < -0.3 is 10.2 Å². The number of hydrogen-bond donors (Lipinski definition) is 1. The van der Waals surface area contributed by atoms with Crippen molar-refractivity contribution < 1.29 is 4.79 Å². The monoisotopic (exact) mass is 273 g/mol. The smallest absolute Gasteiger partial charge is 0.226 e. The molecule has 0 aliphatic rings. The Morgan fingerprint density at radius 2 is 2.00 bits per heavy atom. The average molecular weight is 273 g/mol. The summed E-state index contributed by atoms with van der Waals surface area (Å²) in [6.45, 7) is 0.629. The predicted octanol–water partition coefficient (Wildman–Crippen LogP) is 1.06. The van der Waals surface area contributed by atoms with Crippen LogP contribution in [0.4, 0.5) is 5.69 Å². The van der Waals surface area contributed by atoms with Crippen molar-refractivity contribution in [3.05, 3.63) is 41.7 Å². The minimum Gasteiger partial charge on any atom is -0.379 e. The van der Waals surface area contributed by atoms with Gasteiger partial charge in [0.05, 0.1) is 13.0 Å². The minimum atomic E-state index is 0.102. The van der Waals surface area contributed by atoms with E-state index >= 15 is 0 Å². The lowest BCUT2D eigenvalue weighted by atomic mass is 10.1. The van der Waals surface area contributed by atoms with E-state index in [1.54, 1.807) is 23.7 Å². The largest absolute Gasteiger partial charge is 0.379 e. The predicted molar refractivity (Wildman–Crippen MR) is 77.2 cm³/mol. The molecule has 1 amide bonds. The summed E-state index contributed by atoms with van der Waals surface area (Å²) in [6, 6.07) is 7.85. The molecule has 0 unspecified atom stereocenters. The fourth-order valence-corrected chi connectivity index (χ4v) is 1.74. The van der Waals surface area contributed by atoms with Crippen molar-refractivity contribution in [2.45, 2.75) is 13.0 Å². The molecule has 0 fully saturated rings. The molecule has 2 rings (SSSR count). The number of carbonyl (C=O) groups is 1. The van der Waals surface area contributed by atoms with E-state index < -0.39 is 0 Å². The maximum Gasteiger partial charge on any atom is 0.226 e. The van der Waals surface area contributed by atoms with Gasteiger partial charge in [-0.15, -0.1) is 5.10 Å². The number of aryl methyl sites for hydroxylation is 1. The maximum atomic E-state index is 11.6. The van der Waals surface area contributed by atoms with Crippen molar-refractivity contribution in [3.8, 4) is 0 Å². The van der Waals surface area contributed by atoms with Crippen LogP contribution in [0, 0.1) is 0 Å². The fraction of sp³-hybridized carbons (Fsp3) is 0.357. The van der Waals surface area contributed by atoms with Crippen LogP contribution in [-0.2, 0) is 24.8 Å². The first-order chi connectivity index (χ1) is 9.54. The van der Waals surface area contributed by atoms with Crippen LogP contribution in [-0.4, -0.2) is 39.9 Å². The molecule has 0 saturated carbocycles. The van der Waals surface area contributed by atoms with Gasteiger partial charge in [-0.05, 0) is 17.7 Å². The zero-order chi connectivity index (χ0) is 14.5. The van der Waals surface area contributed by atoms with Crippen LogP contribution in [0.25, 0.3) is 0 Å². The van der Waals surface area contributed by atoms with Crippen LogP contribution in [0.2, 0.25) is 0 Å². The Labute approximate surface area is 118 Å². The molecule has 1 heterocycles. The van der Waals surface area contributed by atoms with Gasteiger partial charge in [-0.1, -0.05) is 17.3 Å². The van der Waals surface area contributed by atoms with Crippen LogP contribution in [0.15, 0.2) is 30.5 Å². The molecule has 1 aromatic carbocycles. The Balaban J connectivity index is 1.89. The highest BCUT2D eigenvalue weighted by atomic mass is 16.2. The van der Waals surface area contributed by atoms with Crippen molar-refractivity contribution in [3.63, 3.8) is 0 Å². The highest BCUT2D eigenvalue weighted by Gasteiger charge is 2.05. The number of nitrogens with zero attached hydrogens (tertiary/aromatic N) is 4. The van der Waals surface area contributed by atoms with Crippen molar-refractivity contribution in [1.82, 2.24) is 19.9 Å². The van der Waals surface area contributed by atoms with Gasteiger partial charge in [0.15, 0.2) is 0 Å². The highest BCUT2D eigenvalue weighted by Crippen LogP contribution is 2.11. The van der Waals surface area contributed by atoms with Crippen molar-refractivity contribution in [2.75, 3.05) is 19.4 Å². The van der Waals surface area contributed by atoms with Crippen LogP contribution in [0.5, 0.6) is 0 Å². The second-order valence-corrected chi connectivity index (χ2v) is 4.90. The topological polar surface area (TPSA) is 63.1 Å². The normalized spacial score (nSPS) is 10.3. The van der Waals surface area contributed by atoms with Gasteiger partial charge in [0.1, 0.15) is 5.69 Å². The third-order valence-electron chi connectivity index (χ3n) is 2.93. The molecule has 2 aromatic rings. The first kappa shape index (κ1) is 14.0. The summed E-state index contributed by atoms with van der Waals surface area (Å²) < 4.78 is 1.67. The third-order valence-corrected chi connectivity index (χ3v) is 2.93. The number of rotatable bonds is 5. The molecular weight excluding hydrogens is 254 g/mol. The number of benzene rings is 1. The first-order valence-corrected chi connectivity index (χ1v) is 6.43. The number of hydrogen-bond acceptors (Lipinski definition) is 4. The van der Waals surface area contributed by atoms with E-state index in [2.05, 4.69) is 15.6 Å². The quantitative estimate of drug-likeness (QED) is 0.884. The van der Waals surface area contributed by atoms with E-state index in [1.165, 1.54) is 0 Å². The van der Waals surface area contributed by atoms with Gasteiger partial charge >= 0.3 is 0 Å². The van der Waals surface area contributed by atoms with Crippen molar-refractivity contribution >= 4 is 11.6 Å². The van der Waals surface area contributed by atoms with E-state index in [9.17, 15) is 4.79 Å². The molecule has 0 radical (unpaired) electrons. The summed E-state index contributed by atoms with van der Waals surface area (Å²) in [6.07, 6.45) is 2.30. The second kappa shape index (κ2) is 6.18. The molecule has 1 aromatic heterocycles. The fourth-order valence-electron chi connectivity index (χ4n) is 1.74. The molecule has 106 valence electrons. The summed E-state index contributed by atoms with van der Waals surface area (Å²) in [4.78, 5) is 13.2. The van der Waals surface area contributed by atoms with Crippen LogP contribution in [0.3, 0.4) is 0 Å². The van der Waals surface area contributed by atoms with E-state index in [4.69, 9.17) is 0 Å². The SMILES string of the molecule is CN(C)C(=O)Cc1ccc(NCc2cn(C)nn2)cc1. The van der Waals surface area contributed by atoms with E-state index in [1.807, 2.05) is 37.5 Å².